The van der Waals surface area contributed by atoms with Crippen molar-refractivity contribution in [1.82, 2.24) is 9.88 Å². The summed E-state index contributed by atoms with van der Waals surface area (Å²) in [6.45, 7) is 5.94. The van der Waals surface area contributed by atoms with Gasteiger partial charge < -0.3 is 0 Å². The van der Waals surface area contributed by atoms with Gasteiger partial charge >= 0.3 is 0 Å². The van der Waals surface area contributed by atoms with Gasteiger partial charge in [-0.1, -0.05) is 6.42 Å². The van der Waals surface area contributed by atoms with Crippen molar-refractivity contribution in [1.29, 1.82) is 0 Å². The van der Waals surface area contributed by atoms with Crippen molar-refractivity contribution in [3.63, 3.8) is 0 Å². The highest BCUT2D eigenvalue weighted by atomic mass is 35.5. The van der Waals surface area contributed by atoms with Crippen molar-refractivity contribution in [3.05, 3.63) is 16.1 Å². The van der Waals surface area contributed by atoms with Crippen molar-refractivity contribution in [2.24, 2.45) is 0 Å². The van der Waals surface area contributed by atoms with Gasteiger partial charge in [0, 0.05) is 23.9 Å². The molecular weight excluding hydrogens is 264 g/mol. The number of rotatable bonds is 5. The predicted octanol–water partition coefficient (Wildman–Crippen LogP) is 4.08. The fourth-order valence-electron chi connectivity index (χ4n) is 2.85. The van der Waals surface area contributed by atoms with Crippen LogP contribution >= 0.6 is 22.9 Å². The van der Waals surface area contributed by atoms with Crippen LogP contribution in [0.15, 0.2) is 5.38 Å². The quantitative estimate of drug-likeness (QED) is 0.758. The molecule has 1 aromatic rings. The lowest BCUT2D eigenvalue weighted by Gasteiger charge is -2.39. The summed E-state index contributed by atoms with van der Waals surface area (Å²) in [4.78, 5) is 7.18. The molecule has 18 heavy (non-hydrogen) atoms. The van der Waals surface area contributed by atoms with Gasteiger partial charge in [0.2, 0.25) is 0 Å². The maximum Gasteiger partial charge on any atom is 0.0929 e. The summed E-state index contributed by atoms with van der Waals surface area (Å²) in [7, 11) is 0. The van der Waals surface area contributed by atoms with E-state index in [0.29, 0.717) is 5.88 Å². The van der Waals surface area contributed by atoms with E-state index in [2.05, 4.69) is 29.1 Å². The Morgan fingerprint density at radius 3 is 2.72 bits per heavy atom. The van der Waals surface area contributed by atoms with E-state index in [4.69, 9.17) is 11.6 Å². The molecule has 0 radical (unpaired) electrons. The van der Waals surface area contributed by atoms with E-state index in [1.165, 1.54) is 37.2 Å². The molecule has 0 saturated carbocycles. The molecule has 1 saturated heterocycles. The molecule has 1 fully saturated rings. The lowest BCUT2D eigenvalue weighted by Crippen LogP contribution is -2.44. The van der Waals surface area contributed by atoms with Gasteiger partial charge in [0.05, 0.1) is 16.6 Å². The SMILES string of the molecule is C[C@@H]1CCC[C@H](C)N1CCCc1nc(CCl)cs1. The number of likely N-dealkylation sites (tertiary alicyclic amines) is 1. The molecule has 0 aromatic carbocycles. The second-order valence-corrected chi connectivity index (χ2v) is 6.55. The maximum absolute atomic E-state index is 5.77. The molecule has 1 aromatic heterocycles. The molecule has 1 aliphatic heterocycles. The maximum atomic E-state index is 5.77. The van der Waals surface area contributed by atoms with Gasteiger partial charge in [-0.05, 0) is 39.7 Å². The third-order valence-corrected chi connectivity index (χ3v) is 5.15. The number of alkyl halides is 1. The van der Waals surface area contributed by atoms with Gasteiger partial charge in [-0.3, -0.25) is 4.90 Å². The largest absolute Gasteiger partial charge is 0.298 e. The molecule has 1 aliphatic rings. The first-order valence-electron chi connectivity index (χ1n) is 6.95. The van der Waals surface area contributed by atoms with Crippen LogP contribution in [0.5, 0.6) is 0 Å². The number of halogens is 1. The Balaban J connectivity index is 1.77. The van der Waals surface area contributed by atoms with Gasteiger partial charge in [0.15, 0.2) is 0 Å². The van der Waals surface area contributed by atoms with E-state index < -0.39 is 0 Å². The Morgan fingerprint density at radius 2 is 2.11 bits per heavy atom. The highest BCUT2D eigenvalue weighted by Gasteiger charge is 2.23. The van der Waals surface area contributed by atoms with Crippen LogP contribution in [-0.2, 0) is 12.3 Å². The summed E-state index contributed by atoms with van der Waals surface area (Å²) < 4.78 is 0. The zero-order valence-electron chi connectivity index (χ0n) is 11.4. The fourth-order valence-corrected chi connectivity index (χ4v) is 3.92. The van der Waals surface area contributed by atoms with Gasteiger partial charge in [-0.15, -0.1) is 22.9 Å². The molecule has 0 N–H and O–H groups in total. The average Bonchev–Trinajstić information content (AvgIpc) is 2.81. The summed E-state index contributed by atoms with van der Waals surface area (Å²) in [5, 5.41) is 3.32. The van der Waals surface area contributed by atoms with Crippen LogP contribution in [0.3, 0.4) is 0 Å². The van der Waals surface area contributed by atoms with Crippen LogP contribution in [0.2, 0.25) is 0 Å². The zero-order valence-corrected chi connectivity index (χ0v) is 12.9. The average molecular weight is 287 g/mol. The van der Waals surface area contributed by atoms with Crippen molar-refractivity contribution >= 4 is 22.9 Å². The van der Waals surface area contributed by atoms with Gasteiger partial charge in [-0.2, -0.15) is 0 Å². The van der Waals surface area contributed by atoms with Gasteiger partial charge in [0.25, 0.3) is 0 Å². The lowest BCUT2D eigenvalue weighted by molar-refractivity contribution is 0.102. The van der Waals surface area contributed by atoms with Crippen LogP contribution in [-0.4, -0.2) is 28.5 Å². The van der Waals surface area contributed by atoms with Crippen LogP contribution in [0.25, 0.3) is 0 Å². The number of nitrogens with zero attached hydrogens (tertiary/aromatic N) is 2. The van der Waals surface area contributed by atoms with Gasteiger partial charge in [-0.25, -0.2) is 4.98 Å². The minimum Gasteiger partial charge on any atom is -0.298 e. The summed E-state index contributed by atoms with van der Waals surface area (Å²) >= 11 is 7.52. The summed E-state index contributed by atoms with van der Waals surface area (Å²) in [5.74, 6) is 0.538. The summed E-state index contributed by atoms with van der Waals surface area (Å²) in [6.07, 6.45) is 6.42. The third kappa shape index (κ3) is 3.69. The third-order valence-electron chi connectivity index (χ3n) is 3.92. The molecule has 4 heteroatoms. The standard InChI is InChI=1S/C14H23ClN2S/c1-11-5-3-6-12(2)17(11)8-4-7-14-16-13(9-15)10-18-14/h10-12H,3-9H2,1-2H3/t11-,12+. The Bertz CT molecular complexity index is 356. The first kappa shape index (κ1) is 14.3. The smallest absolute Gasteiger partial charge is 0.0929 e. The molecule has 2 heterocycles. The van der Waals surface area contributed by atoms with Crippen LogP contribution in [0.1, 0.15) is 50.2 Å². The highest BCUT2D eigenvalue weighted by Crippen LogP contribution is 2.23. The number of aromatic nitrogens is 1. The minimum absolute atomic E-state index is 0.538. The zero-order chi connectivity index (χ0) is 13.0. The minimum atomic E-state index is 0.538. The van der Waals surface area contributed by atoms with Crippen molar-refractivity contribution in [3.8, 4) is 0 Å². The molecule has 102 valence electrons. The van der Waals surface area contributed by atoms with Crippen LogP contribution in [0, 0.1) is 0 Å². The Morgan fingerprint density at radius 1 is 1.39 bits per heavy atom. The van der Waals surface area contributed by atoms with Crippen molar-refractivity contribution in [2.75, 3.05) is 6.54 Å². The summed E-state index contributed by atoms with van der Waals surface area (Å²) in [6, 6.07) is 1.51. The van der Waals surface area contributed by atoms with Crippen LogP contribution < -0.4 is 0 Å². The Hall–Kier alpha value is -0.120. The number of hydrogen-bond acceptors (Lipinski definition) is 3. The van der Waals surface area contributed by atoms with Crippen molar-refractivity contribution < 1.29 is 0 Å². The first-order chi connectivity index (χ1) is 8.70. The second-order valence-electron chi connectivity index (χ2n) is 5.34. The van der Waals surface area contributed by atoms with E-state index in [1.807, 2.05) is 0 Å². The van der Waals surface area contributed by atoms with Crippen molar-refractivity contribution in [2.45, 2.75) is 63.9 Å². The molecule has 2 nitrogen and oxygen atoms in total. The molecule has 2 rings (SSSR count). The Kier molecular flexibility index (Phi) is 5.46. The second kappa shape index (κ2) is 6.88. The number of hydrogen-bond donors (Lipinski definition) is 0. The molecule has 0 aliphatic carbocycles. The number of piperidine rings is 1. The Labute approximate surface area is 119 Å². The van der Waals surface area contributed by atoms with E-state index in [1.54, 1.807) is 11.3 Å². The number of thiazole rings is 1. The molecule has 0 unspecified atom stereocenters. The normalized spacial score (nSPS) is 25.5. The molecular formula is C14H23ClN2S. The lowest BCUT2D eigenvalue weighted by atomic mass is 9.97. The molecule has 0 bridgehead atoms. The van der Waals surface area contributed by atoms with E-state index >= 15 is 0 Å². The fraction of sp³-hybridized carbons (Fsp3) is 0.786. The topological polar surface area (TPSA) is 16.1 Å². The van der Waals surface area contributed by atoms with Crippen LogP contribution in [0.4, 0.5) is 0 Å². The van der Waals surface area contributed by atoms with E-state index in [9.17, 15) is 0 Å². The first-order valence-corrected chi connectivity index (χ1v) is 8.37. The molecule has 0 amide bonds. The highest BCUT2D eigenvalue weighted by molar-refractivity contribution is 7.09. The van der Waals surface area contributed by atoms with Gasteiger partial charge in [0.1, 0.15) is 0 Å². The summed E-state index contributed by atoms with van der Waals surface area (Å²) in [5.41, 5.74) is 1.02. The monoisotopic (exact) mass is 286 g/mol. The molecule has 0 spiro atoms. The number of aryl methyl sites for hydroxylation is 1. The van der Waals surface area contributed by atoms with E-state index in [0.717, 1.165) is 24.2 Å². The van der Waals surface area contributed by atoms with E-state index in [-0.39, 0.29) is 0 Å². The molecule has 2 atom stereocenters. The predicted molar refractivity (Wildman–Crippen MR) is 79.5 cm³/mol.